The maximum absolute atomic E-state index is 12.5. The van der Waals surface area contributed by atoms with E-state index in [0.29, 0.717) is 12.5 Å². The van der Waals surface area contributed by atoms with Gasteiger partial charge in [-0.05, 0) is 43.0 Å². The molecule has 1 aliphatic rings. The first-order valence-corrected chi connectivity index (χ1v) is 7.68. The fraction of sp³-hybridized carbons (Fsp3) is 0.538. The second kappa shape index (κ2) is 4.90. The van der Waals surface area contributed by atoms with Gasteiger partial charge in [0.15, 0.2) is 0 Å². The SMILES string of the molecule is CC(C)C1CCCN1S(=O)(=O)c1ccc(O)cc1. The molecule has 0 radical (unpaired) electrons. The smallest absolute Gasteiger partial charge is 0.243 e. The minimum atomic E-state index is -3.43. The van der Waals surface area contributed by atoms with Crippen LogP contribution in [0.15, 0.2) is 29.2 Å². The van der Waals surface area contributed by atoms with Crippen LogP contribution >= 0.6 is 0 Å². The molecule has 2 rings (SSSR count). The van der Waals surface area contributed by atoms with Gasteiger partial charge >= 0.3 is 0 Å². The van der Waals surface area contributed by atoms with Crippen LogP contribution in [-0.2, 0) is 10.0 Å². The summed E-state index contributed by atoms with van der Waals surface area (Å²) in [6, 6.07) is 5.82. The number of sulfonamides is 1. The van der Waals surface area contributed by atoms with E-state index in [1.807, 2.05) is 0 Å². The third-order valence-corrected chi connectivity index (χ3v) is 5.40. The second-order valence-corrected chi connectivity index (χ2v) is 6.95. The zero-order chi connectivity index (χ0) is 13.3. The molecule has 0 spiro atoms. The molecule has 1 heterocycles. The Morgan fingerprint density at radius 3 is 2.44 bits per heavy atom. The first-order chi connectivity index (χ1) is 8.43. The molecule has 0 bridgehead atoms. The number of hydrogen-bond donors (Lipinski definition) is 1. The van der Waals surface area contributed by atoms with Crippen LogP contribution < -0.4 is 0 Å². The summed E-state index contributed by atoms with van der Waals surface area (Å²) in [7, 11) is -3.43. The van der Waals surface area contributed by atoms with Gasteiger partial charge in [-0.1, -0.05) is 13.8 Å². The highest BCUT2D eigenvalue weighted by Crippen LogP contribution is 2.30. The summed E-state index contributed by atoms with van der Waals surface area (Å²) in [5.41, 5.74) is 0. The highest BCUT2D eigenvalue weighted by Gasteiger charge is 2.36. The van der Waals surface area contributed by atoms with E-state index in [0.717, 1.165) is 12.8 Å². The Bertz CT molecular complexity index is 508. The first-order valence-electron chi connectivity index (χ1n) is 6.24. The summed E-state index contributed by atoms with van der Waals surface area (Å²) in [5.74, 6) is 0.398. The van der Waals surface area contributed by atoms with Crippen molar-refractivity contribution in [3.8, 4) is 5.75 Å². The molecule has 0 aromatic heterocycles. The van der Waals surface area contributed by atoms with E-state index >= 15 is 0 Å². The Hall–Kier alpha value is -1.07. The Labute approximate surface area is 108 Å². The fourth-order valence-electron chi connectivity index (χ4n) is 2.48. The molecule has 1 aliphatic heterocycles. The van der Waals surface area contributed by atoms with Crippen LogP contribution in [0.4, 0.5) is 0 Å². The molecule has 1 saturated heterocycles. The van der Waals surface area contributed by atoms with E-state index in [-0.39, 0.29) is 16.7 Å². The fourth-order valence-corrected chi connectivity index (χ4v) is 4.31. The molecular formula is C13H19NO3S. The van der Waals surface area contributed by atoms with Crippen LogP contribution in [0.2, 0.25) is 0 Å². The van der Waals surface area contributed by atoms with Crippen LogP contribution in [0.1, 0.15) is 26.7 Å². The summed E-state index contributed by atoms with van der Waals surface area (Å²) < 4.78 is 26.6. The Morgan fingerprint density at radius 2 is 1.89 bits per heavy atom. The zero-order valence-electron chi connectivity index (χ0n) is 10.7. The number of hydrogen-bond acceptors (Lipinski definition) is 3. The quantitative estimate of drug-likeness (QED) is 0.915. The molecule has 1 N–H and O–H groups in total. The Morgan fingerprint density at radius 1 is 1.28 bits per heavy atom. The topological polar surface area (TPSA) is 57.6 Å². The molecule has 18 heavy (non-hydrogen) atoms. The highest BCUT2D eigenvalue weighted by atomic mass is 32.2. The lowest BCUT2D eigenvalue weighted by Crippen LogP contribution is -2.38. The van der Waals surface area contributed by atoms with Crippen molar-refractivity contribution in [3.05, 3.63) is 24.3 Å². The maximum atomic E-state index is 12.5. The lowest BCUT2D eigenvalue weighted by molar-refractivity contribution is 0.315. The number of rotatable bonds is 3. The van der Waals surface area contributed by atoms with Crippen molar-refractivity contribution in [2.45, 2.75) is 37.6 Å². The zero-order valence-corrected chi connectivity index (χ0v) is 11.5. The number of phenolic OH excluding ortho intramolecular Hbond substituents is 1. The first kappa shape index (κ1) is 13.4. The molecular weight excluding hydrogens is 250 g/mol. The number of phenols is 1. The molecule has 0 saturated carbocycles. The molecule has 0 amide bonds. The Balaban J connectivity index is 2.33. The summed E-state index contributed by atoms with van der Waals surface area (Å²) in [6.45, 7) is 4.69. The standard InChI is InChI=1S/C13H19NO3S/c1-10(2)13-4-3-9-14(13)18(16,17)12-7-5-11(15)6-8-12/h5-8,10,13,15H,3-4,9H2,1-2H3. The Kier molecular flexibility index (Phi) is 3.64. The van der Waals surface area contributed by atoms with Crippen molar-refractivity contribution in [1.82, 2.24) is 4.31 Å². The molecule has 1 aromatic rings. The van der Waals surface area contributed by atoms with E-state index in [9.17, 15) is 13.5 Å². The van der Waals surface area contributed by atoms with Gasteiger partial charge in [-0.15, -0.1) is 0 Å². The van der Waals surface area contributed by atoms with Crippen molar-refractivity contribution in [2.24, 2.45) is 5.92 Å². The number of aromatic hydroxyl groups is 1. The van der Waals surface area contributed by atoms with E-state index in [1.165, 1.54) is 24.3 Å². The summed E-state index contributed by atoms with van der Waals surface area (Å²) in [4.78, 5) is 0.257. The molecule has 1 atom stereocenters. The lowest BCUT2D eigenvalue weighted by atomic mass is 10.0. The van der Waals surface area contributed by atoms with Gasteiger partial charge in [-0.3, -0.25) is 0 Å². The second-order valence-electron chi connectivity index (χ2n) is 5.06. The summed E-state index contributed by atoms with van der Waals surface area (Å²) >= 11 is 0. The monoisotopic (exact) mass is 269 g/mol. The van der Waals surface area contributed by atoms with Gasteiger partial charge in [0.05, 0.1) is 4.90 Å². The van der Waals surface area contributed by atoms with E-state index in [2.05, 4.69) is 13.8 Å². The van der Waals surface area contributed by atoms with Crippen molar-refractivity contribution in [2.75, 3.05) is 6.54 Å². The number of benzene rings is 1. The van der Waals surface area contributed by atoms with Crippen LogP contribution in [0.25, 0.3) is 0 Å². The normalized spacial score (nSPS) is 21.6. The summed E-state index contributed by atoms with van der Waals surface area (Å²) in [5, 5.41) is 9.22. The van der Waals surface area contributed by atoms with Gasteiger partial charge in [-0.2, -0.15) is 4.31 Å². The third-order valence-electron chi connectivity index (χ3n) is 3.46. The van der Waals surface area contributed by atoms with Gasteiger partial charge in [0.1, 0.15) is 5.75 Å². The van der Waals surface area contributed by atoms with Gasteiger partial charge in [-0.25, -0.2) is 8.42 Å². The predicted octanol–water partition coefficient (Wildman–Crippen LogP) is 2.20. The van der Waals surface area contributed by atoms with Gasteiger partial charge in [0, 0.05) is 12.6 Å². The van der Waals surface area contributed by atoms with Crippen molar-refractivity contribution < 1.29 is 13.5 Å². The minimum Gasteiger partial charge on any atom is -0.508 e. The van der Waals surface area contributed by atoms with Crippen LogP contribution in [0.5, 0.6) is 5.75 Å². The van der Waals surface area contributed by atoms with Crippen LogP contribution in [0, 0.1) is 5.92 Å². The molecule has 100 valence electrons. The predicted molar refractivity (Wildman–Crippen MR) is 69.9 cm³/mol. The summed E-state index contributed by atoms with van der Waals surface area (Å²) in [6.07, 6.45) is 1.84. The molecule has 5 heteroatoms. The highest BCUT2D eigenvalue weighted by molar-refractivity contribution is 7.89. The molecule has 1 unspecified atom stereocenters. The molecule has 0 aliphatic carbocycles. The van der Waals surface area contributed by atoms with Crippen molar-refractivity contribution >= 4 is 10.0 Å². The number of nitrogens with zero attached hydrogens (tertiary/aromatic N) is 1. The minimum absolute atomic E-state index is 0.0794. The molecule has 1 aromatic carbocycles. The maximum Gasteiger partial charge on any atom is 0.243 e. The van der Waals surface area contributed by atoms with E-state index < -0.39 is 10.0 Å². The van der Waals surface area contributed by atoms with Crippen LogP contribution in [0.3, 0.4) is 0 Å². The van der Waals surface area contributed by atoms with Gasteiger partial charge in [0.2, 0.25) is 10.0 Å². The van der Waals surface area contributed by atoms with E-state index in [4.69, 9.17) is 0 Å². The molecule has 4 nitrogen and oxygen atoms in total. The molecule has 1 fully saturated rings. The average Bonchev–Trinajstić information content (AvgIpc) is 2.79. The van der Waals surface area contributed by atoms with E-state index in [1.54, 1.807) is 4.31 Å². The van der Waals surface area contributed by atoms with Gasteiger partial charge in [0.25, 0.3) is 0 Å². The lowest BCUT2D eigenvalue weighted by Gasteiger charge is -2.26. The third kappa shape index (κ3) is 2.37. The largest absolute Gasteiger partial charge is 0.508 e. The average molecular weight is 269 g/mol. The van der Waals surface area contributed by atoms with Crippen molar-refractivity contribution in [1.29, 1.82) is 0 Å². The van der Waals surface area contributed by atoms with Gasteiger partial charge < -0.3 is 5.11 Å². The van der Waals surface area contributed by atoms with Crippen molar-refractivity contribution in [3.63, 3.8) is 0 Å². The van der Waals surface area contributed by atoms with Crippen LogP contribution in [-0.4, -0.2) is 30.4 Å².